The summed E-state index contributed by atoms with van der Waals surface area (Å²) in [6, 6.07) is 0. The summed E-state index contributed by atoms with van der Waals surface area (Å²) in [7, 11) is 0. The second kappa shape index (κ2) is 8.32. The molecular weight excluding hydrogens is 144 g/mol. The molecule has 0 saturated carbocycles. The van der Waals surface area contributed by atoms with Gasteiger partial charge < -0.3 is 0 Å². The molecule has 0 spiro atoms. The molecule has 0 aliphatic carbocycles. The normalized spacial score (nSPS) is 12.3. The zero-order valence-corrected chi connectivity index (χ0v) is 8.34. The zero-order valence-electron chi connectivity index (χ0n) is 8.34. The van der Waals surface area contributed by atoms with E-state index in [-0.39, 0.29) is 0 Å². The Morgan fingerprint density at radius 3 is 2.58 bits per heavy atom. The van der Waals surface area contributed by atoms with Crippen molar-refractivity contribution in [3.63, 3.8) is 0 Å². The quantitative estimate of drug-likeness (QED) is 0.515. The van der Waals surface area contributed by atoms with Gasteiger partial charge in [0.15, 0.2) is 0 Å². The van der Waals surface area contributed by atoms with Crippen molar-refractivity contribution in [3.05, 3.63) is 36.5 Å². The van der Waals surface area contributed by atoms with Gasteiger partial charge in [-0.25, -0.2) is 0 Å². The SMILES string of the molecule is C=CC/C(=C/C)CC/C=C/CC. The van der Waals surface area contributed by atoms with Crippen LogP contribution in [0.25, 0.3) is 0 Å². The molecule has 0 amide bonds. The minimum atomic E-state index is 1.04. The first-order chi connectivity index (χ1) is 5.85. The number of hydrogen-bond donors (Lipinski definition) is 0. The summed E-state index contributed by atoms with van der Waals surface area (Å²) in [6.45, 7) is 8.00. The number of hydrogen-bond acceptors (Lipinski definition) is 0. The van der Waals surface area contributed by atoms with Gasteiger partial charge in [0.25, 0.3) is 0 Å². The Balaban J connectivity index is 3.59. The highest BCUT2D eigenvalue weighted by molar-refractivity contribution is 5.06. The van der Waals surface area contributed by atoms with E-state index in [1.807, 2.05) is 6.08 Å². The molecule has 0 N–H and O–H groups in total. The lowest BCUT2D eigenvalue weighted by Gasteiger charge is -1.99. The predicted octanol–water partition coefficient (Wildman–Crippen LogP) is 4.26. The van der Waals surface area contributed by atoms with Crippen LogP contribution in [-0.4, -0.2) is 0 Å². The van der Waals surface area contributed by atoms with E-state index in [1.165, 1.54) is 18.4 Å². The van der Waals surface area contributed by atoms with Gasteiger partial charge in [-0.2, -0.15) is 0 Å². The molecule has 0 rings (SSSR count). The van der Waals surface area contributed by atoms with E-state index in [2.05, 4.69) is 38.7 Å². The van der Waals surface area contributed by atoms with Crippen molar-refractivity contribution in [2.24, 2.45) is 0 Å². The molecule has 0 unspecified atom stereocenters. The van der Waals surface area contributed by atoms with Crippen LogP contribution in [0, 0.1) is 0 Å². The van der Waals surface area contributed by atoms with Gasteiger partial charge in [-0.15, -0.1) is 6.58 Å². The van der Waals surface area contributed by atoms with Gasteiger partial charge in [-0.1, -0.05) is 36.8 Å². The Bertz CT molecular complexity index is 161. The van der Waals surface area contributed by atoms with Crippen LogP contribution in [0.3, 0.4) is 0 Å². The summed E-state index contributed by atoms with van der Waals surface area (Å²) in [6.07, 6.45) is 13.2. The first-order valence-electron chi connectivity index (χ1n) is 4.75. The minimum Gasteiger partial charge on any atom is -0.103 e. The average molecular weight is 164 g/mol. The molecule has 0 saturated heterocycles. The Kier molecular flexibility index (Phi) is 7.78. The van der Waals surface area contributed by atoms with Crippen molar-refractivity contribution in [1.29, 1.82) is 0 Å². The smallest absolute Gasteiger partial charge is 0.0142 e. The Morgan fingerprint density at radius 1 is 1.33 bits per heavy atom. The molecule has 0 aromatic carbocycles. The summed E-state index contributed by atoms with van der Waals surface area (Å²) in [5.74, 6) is 0. The fourth-order valence-electron chi connectivity index (χ4n) is 1.10. The number of rotatable bonds is 6. The molecule has 0 aromatic rings. The number of allylic oxidation sites excluding steroid dienone is 5. The van der Waals surface area contributed by atoms with E-state index >= 15 is 0 Å². The molecule has 0 heterocycles. The van der Waals surface area contributed by atoms with Crippen molar-refractivity contribution in [3.8, 4) is 0 Å². The van der Waals surface area contributed by atoms with E-state index < -0.39 is 0 Å². The fraction of sp³-hybridized carbons (Fsp3) is 0.500. The summed E-state index contributed by atoms with van der Waals surface area (Å²) in [4.78, 5) is 0. The van der Waals surface area contributed by atoms with Gasteiger partial charge in [0.2, 0.25) is 0 Å². The Hall–Kier alpha value is -0.780. The minimum absolute atomic E-state index is 1.04. The summed E-state index contributed by atoms with van der Waals surface area (Å²) in [5.41, 5.74) is 1.49. The standard InChI is InChI=1S/C12H20/c1-4-7-8-9-11-12(6-3)10-5-2/h5-8H,2,4,9-11H2,1,3H3/b8-7+,12-6-. The molecule has 0 nitrogen and oxygen atoms in total. The first kappa shape index (κ1) is 11.2. The second-order valence-electron chi connectivity index (χ2n) is 2.86. The molecule has 0 fully saturated rings. The highest BCUT2D eigenvalue weighted by atomic mass is 14.0. The predicted molar refractivity (Wildman–Crippen MR) is 57.2 cm³/mol. The van der Waals surface area contributed by atoms with Crippen LogP contribution in [0.5, 0.6) is 0 Å². The van der Waals surface area contributed by atoms with Crippen LogP contribution >= 0.6 is 0 Å². The average Bonchev–Trinajstić information content (AvgIpc) is 2.10. The fourth-order valence-corrected chi connectivity index (χ4v) is 1.10. The Morgan fingerprint density at radius 2 is 2.08 bits per heavy atom. The molecule has 0 heteroatoms. The van der Waals surface area contributed by atoms with Crippen LogP contribution in [0.4, 0.5) is 0 Å². The van der Waals surface area contributed by atoms with Gasteiger partial charge in [-0.3, -0.25) is 0 Å². The lowest BCUT2D eigenvalue weighted by Crippen LogP contribution is -1.79. The van der Waals surface area contributed by atoms with E-state index in [0.29, 0.717) is 0 Å². The maximum atomic E-state index is 3.73. The topological polar surface area (TPSA) is 0 Å². The Labute approximate surface area is 76.7 Å². The molecule has 0 aliphatic heterocycles. The maximum absolute atomic E-state index is 3.73. The van der Waals surface area contributed by atoms with Crippen LogP contribution in [-0.2, 0) is 0 Å². The molecule has 0 radical (unpaired) electrons. The highest BCUT2D eigenvalue weighted by Crippen LogP contribution is 2.10. The van der Waals surface area contributed by atoms with Gasteiger partial charge in [0.1, 0.15) is 0 Å². The molecule has 12 heavy (non-hydrogen) atoms. The van der Waals surface area contributed by atoms with Gasteiger partial charge in [0, 0.05) is 0 Å². The third-order valence-electron chi connectivity index (χ3n) is 1.85. The molecule has 0 atom stereocenters. The van der Waals surface area contributed by atoms with Crippen molar-refractivity contribution < 1.29 is 0 Å². The largest absolute Gasteiger partial charge is 0.103 e. The van der Waals surface area contributed by atoms with E-state index in [4.69, 9.17) is 0 Å². The third-order valence-corrected chi connectivity index (χ3v) is 1.85. The molecule has 0 aromatic heterocycles. The van der Waals surface area contributed by atoms with Gasteiger partial charge in [-0.05, 0) is 32.6 Å². The zero-order chi connectivity index (χ0) is 9.23. The van der Waals surface area contributed by atoms with Crippen LogP contribution < -0.4 is 0 Å². The van der Waals surface area contributed by atoms with Crippen LogP contribution in [0.15, 0.2) is 36.5 Å². The second-order valence-corrected chi connectivity index (χ2v) is 2.86. The van der Waals surface area contributed by atoms with Crippen molar-refractivity contribution >= 4 is 0 Å². The van der Waals surface area contributed by atoms with E-state index in [0.717, 1.165) is 12.8 Å². The summed E-state index contributed by atoms with van der Waals surface area (Å²) >= 11 is 0. The van der Waals surface area contributed by atoms with Crippen molar-refractivity contribution in [2.45, 2.75) is 39.5 Å². The van der Waals surface area contributed by atoms with E-state index in [1.54, 1.807) is 0 Å². The lowest BCUT2D eigenvalue weighted by atomic mass is 10.1. The van der Waals surface area contributed by atoms with Gasteiger partial charge in [0.05, 0.1) is 0 Å². The van der Waals surface area contributed by atoms with Crippen LogP contribution in [0.1, 0.15) is 39.5 Å². The van der Waals surface area contributed by atoms with Gasteiger partial charge >= 0.3 is 0 Å². The third kappa shape index (κ3) is 5.96. The van der Waals surface area contributed by atoms with Crippen molar-refractivity contribution in [2.75, 3.05) is 0 Å². The monoisotopic (exact) mass is 164 g/mol. The van der Waals surface area contributed by atoms with Crippen molar-refractivity contribution in [1.82, 2.24) is 0 Å². The summed E-state index contributed by atoms with van der Waals surface area (Å²) < 4.78 is 0. The molecule has 0 aliphatic rings. The van der Waals surface area contributed by atoms with Crippen LogP contribution in [0.2, 0.25) is 0 Å². The highest BCUT2D eigenvalue weighted by Gasteiger charge is 1.90. The molecular formula is C12H20. The molecule has 68 valence electrons. The summed E-state index contributed by atoms with van der Waals surface area (Å²) in [5, 5.41) is 0. The maximum Gasteiger partial charge on any atom is -0.0142 e. The lowest BCUT2D eigenvalue weighted by molar-refractivity contribution is 0.932. The molecule has 0 bridgehead atoms. The first-order valence-corrected chi connectivity index (χ1v) is 4.75. The van der Waals surface area contributed by atoms with E-state index in [9.17, 15) is 0 Å².